The van der Waals surface area contributed by atoms with Crippen LogP contribution < -0.4 is 0 Å². The Balaban J connectivity index is 2.26. The number of allylic oxidation sites excluding steroid dienone is 3. The molecule has 1 unspecified atom stereocenters. The smallest absolute Gasteiger partial charge is 0.306 e. The van der Waals surface area contributed by atoms with Crippen LogP contribution in [-0.4, -0.2) is 34.6 Å². The Hall–Kier alpha value is -1.70. The first-order valence-electron chi connectivity index (χ1n) is 15.4. The third-order valence-corrected chi connectivity index (χ3v) is 17.2. The van der Waals surface area contributed by atoms with Crippen molar-refractivity contribution in [2.45, 2.75) is 124 Å². The maximum absolute atomic E-state index is 12.9. The predicted molar refractivity (Wildman–Crippen MR) is 173 cm³/mol. The van der Waals surface area contributed by atoms with Gasteiger partial charge in [0.1, 0.15) is 6.10 Å². The molecule has 1 aliphatic heterocycles. The minimum atomic E-state index is -1.67. The van der Waals surface area contributed by atoms with Crippen molar-refractivity contribution in [3.05, 3.63) is 71.0 Å². The zero-order valence-corrected chi connectivity index (χ0v) is 28.4. The van der Waals surface area contributed by atoms with Crippen molar-refractivity contribution in [2.75, 3.05) is 0 Å². The molecule has 39 heavy (non-hydrogen) atoms. The summed E-state index contributed by atoms with van der Waals surface area (Å²) in [6.07, 6.45) is 12.5. The fourth-order valence-electron chi connectivity index (χ4n) is 5.86. The van der Waals surface area contributed by atoms with Crippen LogP contribution in [0.1, 0.15) is 79.7 Å². The van der Waals surface area contributed by atoms with Gasteiger partial charge in [0.25, 0.3) is 0 Å². The SMILES string of the molecule is CC[Si](CC)(CC)O[C@H](C)[C@@H](C)/C=C(\C)C1OC(=O)CCCC/C([Si](C)(C)Cc2ccccc2)=C/C=C\[C@@H]1C. The first-order valence-corrected chi connectivity index (χ1v) is 21.2. The molecule has 3 nitrogen and oxygen atoms in total. The lowest BCUT2D eigenvalue weighted by Gasteiger charge is -2.34. The zero-order valence-electron chi connectivity index (χ0n) is 26.4. The van der Waals surface area contributed by atoms with E-state index in [9.17, 15) is 4.79 Å². The summed E-state index contributed by atoms with van der Waals surface area (Å²) < 4.78 is 12.9. The van der Waals surface area contributed by atoms with E-state index in [1.807, 2.05) is 0 Å². The molecule has 4 atom stereocenters. The number of carbonyl (C=O) groups is 1. The van der Waals surface area contributed by atoms with Gasteiger partial charge in [0.2, 0.25) is 0 Å². The molecule has 0 aromatic heterocycles. The van der Waals surface area contributed by atoms with Crippen molar-refractivity contribution in [1.29, 1.82) is 0 Å². The fraction of sp³-hybridized carbons (Fsp3) is 0.618. The Bertz CT molecular complexity index is 967. The Morgan fingerprint density at radius 2 is 1.67 bits per heavy atom. The number of carbonyl (C=O) groups excluding carboxylic acids is 1. The summed E-state index contributed by atoms with van der Waals surface area (Å²) in [4.78, 5) is 12.9. The number of ether oxygens (including phenoxy) is 1. The standard InChI is InChI=1S/C34H56O3Si2/c1-10-39(11-2,12-3)37-30(7)28(5)25-29(6)34-27(4)19-18-23-32(22-16-17-24-33(35)36-34)38(8,9)26-31-20-14-13-15-21-31/h13-15,18-21,23,25,27-28,30,34H,10-12,16-17,22,24,26H2,1-9H3/b19-18-,29-25+,32-23-/t27-,28-,30+,34?/m0/s1. The molecule has 0 fully saturated rings. The second kappa shape index (κ2) is 15.9. The molecular weight excluding hydrogens is 513 g/mol. The van der Waals surface area contributed by atoms with Gasteiger partial charge in [-0.2, -0.15) is 0 Å². The van der Waals surface area contributed by atoms with Crippen LogP contribution in [0.4, 0.5) is 0 Å². The molecule has 1 aromatic rings. The topological polar surface area (TPSA) is 35.5 Å². The van der Waals surface area contributed by atoms with Gasteiger partial charge in [0, 0.05) is 18.4 Å². The van der Waals surface area contributed by atoms with Crippen molar-refractivity contribution in [3.8, 4) is 0 Å². The lowest BCUT2D eigenvalue weighted by molar-refractivity contribution is -0.148. The molecule has 0 bridgehead atoms. The van der Waals surface area contributed by atoms with Gasteiger partial charge >= 0.3 is 5.97 Å². The van der Waals surface area contributed by atoms with Crippen LogP contribution in [0.3, 0.4) is 0 Å². The highest BCUT2D eigenvalue weighted by molar-refractivity contribution is 6.83. The average Bonchev–Trinajstić information content (AvgIpc) is 2.90. The highest BCUT2D eigenvalue weighted by Crippen LogP contribution is 2.29. The van der Waals surface area contributed by atoms with Crippen molar-refractivity contribution in [3.63, 3.8) is 0 Å². The van der Waals surface area contributed by atoms with Gasteiger partial charge in [0.05, 0.1) is 8.07 Å². The second-order valence-electron chi connectivity index (χ2n) is 12.4. The highest BCUT2D eigenvalue weighted by atomic mass is 28.4. The van der Waals surface area contributed by atoms with Gasteiger partial charge in [-0.25, -0.2) is 0 Å². The first kappa shape index (κ1) is 33.5. The van der Waals surface area contributed by atoms with Gasteiger partial charge in [-0.15, -0.1) is 0 Å². The van der Waals surface area contributed by atoms with Gasteiger partial charge in [-0.1, -0.05) is 113 Å². The molecule has 1 aromatic carbocycles. The summed E-state index contributed by atoms with van der Waals surface area (Å²) in [6, 6.07) is 15.5. The molecule has 0 N–H and O–H groups in total. The highest BCUT2D eigenvalue weighted by Gasteiger charge is 2.32. The Morgan fingerprint density at radius 3 is 2.28 bits per heavy atom. The molecule has 1 heterocycles. The maximum atomic E-state index is 12.9. The largest absolute Gasteiger partial charge is 0.457 e. The summed E-state index contributed by atoms with van der Waals surface area (Å²) in [7, 11) is -3.31. The molecule has 0 saturated carbocycles. The van der Waals surface area contributed by atoms with Crippen molar-refractivity contribution in [1.82, 2.24) is 0 Å². The molecule has 5 heteroatoms. The third-order valence-electron chi connectivity index (χ3n) is 8.97. The fourth-order valence-corrected chi connectivity index (χ4v) is 11.7. The monoisotopic (exact) mass is 568 g/mol. The lowest BCUT2D eigenvalue weighted by Crippen LogP contribution is -2.40. The van der Waals surface area contributed by atoms with E-state index in [0.717, 1.165) is 49.0 Å². The Morgan fingerprint density at radius 1 is 1.05 bits per heavy atom. The van der Waals surface area contributed by atoms with E-state index >= 15 is 0 Å². The Kier molecular flexibility index (Phi) is 13.7. The molecule has 0 spiro atoms. The summed E-state index contributed by atoms with van der Waals surface area (Å²) in [6.45, 7) is 20.5. The number of hydrogen-bond donors (Lipinski definition) is 0. The number of benzene rings is 1. The molecule has 0 amide bonds. The van der Waals surface area contributed by atoms with E-state index in [1.54, 1.807) is 5.20 Å². The minimum absolute atomic E-state index is 0.0776. The molecular formula is C34H56O3Si2. The number of esters is 1. The molecule has 2 rings (SSSR count). The summed E-state index contributed by atoms with van der Waals surface area (Å²) in [5, 5.41) is 1.59. The van der Waals surface area contributed by atoms with E-state index in [-0.39, 0.29) is 30.0 Å². The molecule has 0 aliphatic carbocycles. The first-order chi connectivity index (χ1) is 18.5. The van der Waals surface area contributed by atoms with Gasteiger partial charge in [-0.3, -0.25) is 4.79 Å². The lowest BCUT2D eigenvalue weighted by atomic mass is 9.93. The third kappa shape index (κ3) is 10.3. The van der Waals surface area contributed by atoms with Crippen LogP contribution in [0.15, 0.2) is 65.4 Å². The maximum Gasteiger partial charge on any atom is 0.306 e. The van der Waals surface area contributed by atoms with Gasteiger partial charge < -0.3 is 9.16 Å². The number of rotatable bonds is 11. The van der Waals surface area contributed by atoms with Gasteiger partial charge in [0.15, 0.2) is 8.32 Å². The molecule has 0 radical (unpaired) electrons. The number of cyclic esters (lactones) is 1. The van der Waals surface area contributed by atoms with E-state index < -0.39 is 16.4 Å². The minimum Gasteiger partial charge on any atom is -0.457 e. The van der Waals surface area contributed by atoms with Crippen molar-refractivity contribution < 1.29 is 14.0 Å². The predicted octanol–water partition coefficient (Wildman–Crippen LogP) is 9.61. The van der Waals surface area contributed by atoms with Crippen LogP contribution >= 0.6 is 0 Å². The van der Waals surface area contributed by atoms with Crippen LogP contribution in [-0.2, 0) is 20.0 Å². The van der Waals surface area contributed by atoms with E-state index in [0.29, 0.717) is 6.42 Å². The van der Waals surface area contributed by atoms with Crippen molar-refractivity contribution >= 4 is 22.4 Å². The Labute approximate surface area is 242 Å². The van der Waals surface area contributed by atoms with E-state index in [4.69, 9.17) is 9.16 Å². The summed E-state index contributed by atoms with van der Waals surface area (Å²) in [5.74, 6) is 0.278. The van der Waals surface area contributed by atoms with Crippen LogP contribution in [0.5, 0.6) is 0 Å². The summed E-state index contributed by atoms with van der Waals surface area (Å²) >= 11 is 0. The summed E-state index contributed by atoms with van der Waals surface area (Å²) in [5.41, 5.74) is 2.55. The normalized spacial score (nSPS) is 24.0. The van der Waals surface area contributed by atoms with Crippen LogP contribution in [0.25, 0.3) is 0 Å². The van der Waals surface area contributed by atoms with Crippen LogP contribution in [0.2, 0.25) is 31.2 Å². The molecule has 218 valence electrons. The van der Waals surface area contributed by atoms with E-state index in [1.165, 1.54) is 5.56 Å². The van der Waals surface area contributed by atoms with Crippen molar-refractivity contribution in [2.24, 2.45) is 11.8 Å². The quantitative estimate of drug-likeness (QED) is 0.151. The second-order valence-corrected chi connectivity index (χ2v) is 21.9. The number of hydrogen-bond acceptors (Lipinski definition) is 3. The average molecular weight is 569 g/mol. The van der Waals surface area contributed by atoms with Gasteiger partial charge in [-0.05, 0) is 68.8 Å². The van der Waals surface area contributed by atoms with Crippen LogP contribution in [0, 0.1) is 11.8 Å². The van der Waals surface area contributed by atoms with E-state index in [2.05, 4.69) is 116 Å². The zero-order chi connectivity index (χ0) is 29.1. The molecule has 0 saturated heterocycles. The molecule has 1 aliphatic rings.